The highest BCUT2D eigenvalue weighted by molar-refractivity contribution is 5.99. The highest BCUT2D eigenvalue weighted by Crippen LogP contribution is 2.44. The maximum absolute atomic E-state index is 13.2. The molecule has 6 rings (SSSR count). The number of amides is 3. The van der Waals surface area contributed by atoms with Crippen molar-refractivity contribution in [1.82, 2.24) is 9.88 Å². The Morgan fingerprint density at radius 1 is 0.553 bits per heavy atom. The zero-order chi connectivity index (χ0) is 72.1. The number of likely N-dealkylation sites (tertiary alicyclic amines) is 1. The Morgan fingerprint density at radius 2 is 0.947 bits per heavy atom. The van der Waals surface area contributed by atoms with Gasteiger partial charge in [-0.2, -0.15) is 0 Å². The molecule has 520 valence electrons. The molecule has 3 amide bonds. The lowest BCUT2D eigenvalue weighted by atomic mass is 9.78. The Hall–Kier alpha value is -7.24. The predicted octanol–water partition coefficient (Wildman–Crippen LogP) is 17.0. The van der Waals surface area contributed by atoms with E-state index in [2.05, 4.69) is 112 Å². The van der Waals surface area contributed by atoms with Gasteiger partial charge >= 0.3 is 0 Å². The van der Waals surface area contributed by atoms with Crippen molar-refractivity contribution in [2.45, 2.75) is 253 Å². The van der Waals surface area contributed by atoms with E-state index < -0.39 is 35.9 Å². The van der Waals surface area contributed by atoms with Gasteiger partial charge in [-0.05, 0) is 176 Å². The summed E-state index contributed by atoms with van der Waals surface area (Å²) in [5.41, 5.74) is 14.9. The molecule has 94 heavy (non-hydrogen) atoms. The number of aromatic hydroxyl groups is 4. The first-order valence-corrected chi connectivity index (χ1v) is 32.7. The molecule has 17 heteroatoms. The summed E-state index contributed by atoms with van der Waals surface area (Å²) in [4.78, 5) is 40.4. The van der Waals surface area contributed by atoms with E-state index in [1.165, 1.54) is 12.1 Å². The minimum Gasteiger partial charge on any atom is -0.507 e. The number of carbonyl (C=O) groups is 3. The molecule has 1 aliphatic rings. The number of aryl methyl sites for hydroxylation is 1. The van der Waals surface area contributed by atoms with Crippen LogP contribution in [-0.4, -0.2) is 90.3 Å². The molecule has 1 fully saturated rings. The number of nitrogens with zero attached hydrogens (tertiary/aromatic N) is 2. The number of phenols is 4. The minimum absolute atomic E-state index is 0.00941. The minimum atomic E-state index is -3.36. The molecule has 1 aliphatic heterocycles. The van der Waals surface area contributed by atoms with Crippen LogP contribution < -0.4 is 11.5 Å². The third-order valence-corrected chi connectivity index (χ3v) is 16.9. The Kier molecular flexibility index (Phi) is 28.4. The average Bonchev–Trinajstić information content (AvgIpc) is 0.801. The molecule has 5 aromatic rings. The van der Waals surface area contributed by atoms with E-state index in [-0.39, 0.29) is 69.0 Å². The summed E-state index contributed by atoms with van der Waals surface area (Å²) in [7, 11) is 1.83. The lowest BCUT2D eigenvalue weighted by Crippen LogP contribution is -2.49. The van der Waals surface area contributed by atoms with Crippen molar-refractivity contribution < 1.29 is 62.6 Å². The van der Waals surface area contributed by atoms with Gasteiger partial charge in [-0.3, -0.25) is 19.4 Å². The highest BCUT2D eigenvalue weighted by atomic mass is 19.3. The van der Waals surface area contributed by atoms with E-state index in [1.54, 1.807) is 38.8 Å². The van der Waals surface area contributed by atoms with E-state index in [0.717, 1.165) is 93.4 Å². The lowest BCUT2D eigenvalue weighted by Gasteiger charge is -2.28. The van der Waals surface area contributed by atoms with Gasteiger partial charge in [0, 0.05) is 53.8 Å². The number of halogens is 4. The first kappa shape index (κ1) is 81.0. The zero-order valence-corrected chi connectivity index (χ0v) is 59.8. The van der Waals surface area contributed by atoms with Gasteiger partial charge in [0.15, 0.2) is 0 Å². The molecule has 1 saturated heterocycles. The molecule has 0 spiro atoms. The second-order valence-corrected chi connectivity index (χ2v) is 30.4. The number of phenolic OH excluding ortho intramolecular Hbond substituents is 4. The maximum atomic E-state index is 13.2. The van der Waals surface area contributed by atoms with E-state index in [9.17, 15) is 62.6 Å². The number of unbranched alkanes of at least 4 members (excludes halogenated alkanes) is 3. The van der Waals surface area contributed by atoms with Crippen LogP contribution in [0.15, 0.2) is 78.6 Å². The van der Waals surface area contributed by atoms with Crippen LogP contribution in [0.25, 0.3) is 18.2 Å². The molecule has 10 N–H and O–H groups in total. The number of hydrogen-bond acceptors (Lipinski definition) is 10. The summed E-state index contributed by atoms with van der Waals surface area (Å²) in [6, 6.07) is 18.6. The van der Waals surface area contributed by atoms with Crippen LogP contribution in [0, 0.1) is 0 Å². The van der Waals surface area contributed by atoms with Gasteiger partial charge in [-0.1, -0.05) is 182 Å². The molecular weight excluding hydrogens is 1200 g/mol. The molecule has 0 aliphatic carbocycles. The van der Waals surface area contributed by atoms with Crippen LogP contribution in [0.4, 0.5) is 17.6 Å². The molecular formula is C77H110F4N4O9. The molecule has 4 aromatic carbocycles. The molecule has 1 aromatic heterocycles. The quantitative estimate of drug-likeness (QED) is 0.0221. The van der Waals surface area contributed by atoms with Crippen molar-refractivity contribution in [3.8, 4) is 23.0 Å². The zero-order valence-electron chi connectivity index (χ0n) is 59.8. The van der Waals surface area contributed by atoms with Crippen LogP contribution >= 0.6 is 0 Å². The Bertz CT molecular complexity index is 3310. The van der Waals surface area contributed by atoms with Gasteiger partial charge in [0.1, 0.15) is 23.0 Å². The maximum Gasteiger partial charge on any atom is 0.280 e. The van der Waals surface area contributed by atoms with Crippen LogP contribution in [0.3, 0.4) is 0 Å². The Labute approximate surface area is 557 Å². The Balaban J connectivity index is 0.000000328. The van der Waals surface area contributed by atoms with E-state index in [0.29, 0.717) is 41.2 Å². The fourth-order valence-electron chi connectivity index (χ4n) is 10.9. The van der Waals surface area contributed by atoms with Gasteiger partial charge in [0.05, 0.1) is 0 Å². The van der Waals surface area contributed by atoms with E-state index >= 15 is 0 Å². The fourth-order valence-corrected chi connectivity index (χ4v) is 10.9. The summed E-state index contributed by atoms with van der Waals surface area (Å²) in [5, 5.41) is 61.8. The molecule has 0 saturated carbocycles. The number of aromatic nitrogens is 1. The van der Waals surface area contributed by atoms with Crippen LogP contribution in [0.2, 0.25) is 0 Å². The Morgan fingerprint density at radius 3 is 1.28 bits per heavy atom. The van der Waals surface area contributed by atoms with Crippen LogP contribution in [0.5, 0.6) is 23.0 Å². The van der Waals surface area contributed by atoms with Crippen LogP contribution in [0.1, 0.15) is 273 Å². The standard InChI is InChI=1S/C21H33F2NO3.C21H27NO.C20H29NO2.C15H21F2NO3/c1-13(2)16-11-15(12-17(14(3)4)18(16)25)9-7-5-6-8-10-21(27,19(22)23)20(24)26;1-20(2,3)17-12-16(10-9-15-8-7-11-22-14-15)13-18(19(17)23)21(4,5)6;1-19(2,3)15-11-13(10-14-8-9-21(7)18(14)23)12-16(17(15)22)20(4,5)6;1-7(2)10-5-9(6-11(8(3)4)12(10)19)15(21,13(16)17)14(18)20/h11-14,19,25,27H,5-10H2,1-4H3,(H2,24,26);7-14,23H,1-6H3;10-12,22H,8-9H2,1-7H3;5-8,13,19,21H,1-4H3,(H2,18,20)/b;10-9+;14-10+;. The second-order valence-electron chi connectivity index (χ2n) is 30.4. The number of hydrogen-bond donors (Lipinski definition) is 8. The number of aliphatic hydroxyl groups is 2. The topological polar surface area (TPSA) is 241 Å². The lowest BCUT2D eigenvalue weighted by molar-refractivity contribution is -0.157. The van der Waals surface area contributed by atoms with Gasteiger partial charge < -0.3 is 47.0 Å². The summed E-state index contributed by atoms with van der Waals surface area (Å²) in [5.74, 6) is -1.51. The number of benzene rings is 4. The van der Waals surface area contributed by atoms with Crippen molar-refractivity contribution in [1.29, 1.82) is 0 Å². The number of rotatable bonds is 19. The summed E-state index contributed by atoms with van der Waals surface area (Å²) >= 11 is 0. The molecule has 2 heterocycles. The number of primary amides is 2. The number of likely N-dealkylation sites (N-methyl/N-ethyl adjacent to an activating group) is 1. The van der Waals surface area contributed by atoms with Gasteiger partial charge in [0.25, 0.3) is 24.7 Å². The monoisotopic (exact) mass is 1310 g/mol. The third kappa shape index (κ3) is 21.4. The van der Waals surface area contributed by atoms with Crippen molar-refractivity contribution in [3.05, 3.63) is 151 Å². The van der Waals surface area contributed by atoms with Crippen molar-refractivity contribution in [3.63, 3.8) is 0 Å². The molecule has 2 unspecified atom stereocenters. The van der Waals surface area contributed by atoms with Gasteiger partial charge in [0.2, 0.25) is 17.1 Å². The summed E-state index contributed by atoms with van der Waals surface area (Å²) in [6.07, 6.45) is 7.10. The van der Waals surface area contributed by atoms with Gasteiger partial charge in [-0.25, -0.2) is 17.6 Å². The largest absolute Gasteiger partial charge is 0.507 e. The first-order valence-electron chi connectivity index (χ1n) is 32.7. The molecule has 0 bridgehead atoms. The third-order valence-electron chi connectivity index (χ3n) is 16.9. The van der Waals surface area contributed by atoms with Crippen LogP contribution in [-0.2, 0) is 48.1 Å². The number of pyridine rings is 1. The smallest absolute Gasteiger partial charge is 0.280 e. The average molecular weight is 1310 g/mol. The van der Waals surface area contributed by atoms with Crippen molar-refractivity contribution in [2.24, 2.45) is 11.5 Å². The fraction of sp³-hybridized carbons (Fsp3) is 0.532. The number of carbonyl (C=O) groups excluding carboxylic acids is 3. The van der Waals surface area contributed by atoms with E-state index in [4.69, 9.17) is 11.5 Å². The normalized spacial score (nSPS) is 14.9. The second kappa shape index (κ2) is 32.9. The van der Waals surface area contributed by atoms with Crippen molar-refractivity contribution >= 4 is 35.9 Å². The van der Waals surface area contributed by atoms with E-state index in [1.807, 2.05) is 83.4 Å². The number of alkyl halides is 4. The SMILES string of the molecule is CC(C)(C)c1cc(/C=C/c2cccnc2)cc(C(C)(C)C)c1O.CC(C)c1cc(C(O)(C(N)=O)C(F)F)cc(C(C)C)c1O.CC(C)c1cc(CCCCCCC(O)(C(N)=O)C(F)F)cc(C(C)C)c1O.CN1CC/C(=C\c2cc(C(C)(C)C)c(O)c(C(C)(C)C)c2)C1=O. The predicted molar refractivity (Wildman–Crippen MR) is 373 cm³/mol. The summed E-state index contributed by atoms with van der Waals surface area (Å²) < 4.78 is 51.9. The highest BCUT2D eigenvalue weighted by Gasteiger charge is 2.47. The first-order chi connectivity index (χ1) is 43.0. The summed E-state index contributed by atoms with van der Waals surface area (Å²) in [6.45, 7) is 41.4. The van der Waals surface area contributed by atoms with Gasteiger partial charge in [-0.15, -0.1) is 0 Å². The molecule has 13 nitrogen and oxygen atoms in total. The molecule has 0 radical (unpaired) electrons. The molecule has 2 atom stereocenters. The van der Waals surface area contributed by atoms with Crippen molar-refractivity contribution in [2.75, 3.05) is 13.6 Å². The number of nitrogens with two attached hydrogens (primary N) is 2.